The van der Waals surface area contributed by atoms with Crippen molar-refractivity contribution >= 4 is 0 Å². The van der Waals surface area contributed by atoms with Crippen LogP contribution < -0.4 is 5.32 Å². The Hall–Kier alpha value is -0.830. The standard InChI is InChI=1S/C12H19N3/c1-2-4-10(3-1)14-8-12-7-13-9-15(12)11-5-6-11/h7,9-11,14H,1-6,8H2. The molecule has 2 fully saturated rings. The molecule has 2 saturated carbocycles. The van der Waals surface area contributed by atoms with Gasteiger partial charge in [0.15, 0.2) is 0 Å². The molecule has 82 valence electrons. The summed E-state index contributed by atoms with van der Waals surface area (Å²) in [6.45, 7) is 1.00. The highest BCUT2D eigenvalue weighted by molar-refractivity contribution is 5.03. The smallest absolute Gasteiger partial charge is 0.0951 e. The first-order valence-corrected chi connectivity index (χ1v) is 6.17. The van der Waals surface area contributed by atoms with E-state index in [0.717, 1.165) is 18.6 Å². The van der Waals surface area contributed by atoms with Gasteiger partial charge < -0.3 is 9.88 Å². The van der Waals surface area contributed by atoms with Gasteiger partial charge >= 0.3 is 0 Å². The van der Waals surface area contributed by atoms with Crippen molar-refractivity contribution < 1.29 is 0 Å². The largest absolute Gasteiger partial charge is 0.330 e. The topological polar surface area (TPSA) is 29.9 Å². The van der Waals surface area contributed by atoms with E-state index in [-0.39, 0.29) is 0 Å². The van der Waals surface area contributed by atoms with Crippen LogP contribution in [0.1, 0.15) is 50.3 Å². The Morgan fingerprint density at radius 1 is 1.27 bits per heavy atom. The van der Waals surface area contributed by atoms with Crippen LogP contribution in [0.4, 0.5) is 0 Å². The van der Waals surface area contributed by atoms with Gasteiger partial charge in [0.1, 0.15) is 0 Å². The highest BCUT2D eigenvalue weighted by atomic mass is 15.1. The van der Waals surface area contributed by atoms with E-state index in [2.05, 4.69) is 14.9 Å². The minimum atomic E-state index is 0.757. The summed E-state index contributed by atoms with van der Waals surface area (Å²) in [4.78, 5) is 4.25. The molecule has 0 aromatic carbocycles. The van der Waals surface area contributed by atoms with Crippen LogP contribution in [0.5, 0.6) is 0 Å². The van der Waals surface area contributed by atoms with Crippen LogP contribution >= 0.6 is 0 Å². The number of imidazole rings is 1. The Morgan fingerprint density at radius 3 is 2.80 bits per heavy atom. The molecule has 3 heteroatoms. The summed E-state index contributed by atoms with van der Waals surface area (Å²) in [6, 6.07) is 1.51. The lowest BCUT2D eigenvalue weighted by Gasteiger charge is -2.12. The second-order valence-corrected chi connectivity index (χ2v) is 4.89. The van der Waals surface area contributed by atoms with E-state index in [4.69, 9.17) is 0 Å². The fourth-order valence-electron chi connectivity index (χ4n) is 2.53. The Labute approximate surface area is 90.9 Å². The molecule has 0 radical (unpaired) electrons. The molecule has 2 aliphatic rings. The monoisotopic (exact) mass is 205 g/mol. The van der Waals surface area contributed by atoms with Crippen LogP contribution in [-0.2, 0) is 6.54 Å². The fourth-order valence-corrected chi connectivity index (χ4v) is 2.53. The van der Waals surface area contributed by atoms with E-state index < -0.39 is 0 Å². The third-order valence-electron chi connectivity index (χ3n) is 3.61. The summed E-state index contributed by atoms with van der Waals surface area (Å²) >= 11 is 0. The van der Waals surface area contributed by atoms with E-state index in [1.165, 1.54) is 44.2 Å². The van der Waals surface area contributed by atoms with Crippen molar-refractivity contribution in [2.24, 2.45) is 0 Å². The Kier molecular flexibility index (Phi) is 2.49. The van der Waals surface area contributed by atoms with Gasteiger partial charge in [0.05, 0.1) is 12.0 Å². The minimum absolute atomic E-state index is 0.757. The van der Waals surface area contributed by atoms with Crippen molar-refractivity contribution in [2.45, 2.75) is 57.2 Å². The van der Waals surface area contributed by atoms with Crippen LogP contribution in [0, 0.1) is 0 Å². The van der Waals surface area contributed by atoms with E-state index >= 15 is 0 Å². The van der Waals surface area contributed by atoms with Crippen LogP contribution in [0.2, 0.25) is 0 Å². The molecule has 0 spiro atoms. The highest BCUT2D eigenvalue weighted by Crippen LogP contribution is 2.35. The van der Waals surface area contributed by atoms with E-state index in [1.807, 2.05) is 12.5 Å². The maximum Gasteiger partial charge on any atom is 0.0951 e. The van der Waals surface area contributed by atoms with Crippen molar-refractivity contribution in [3.05, 3.63) is 18.2 Å². The molecule has 0 saturated heterocycles. The summed E-state index contributed by atoms with van der Waals surface area (Å²) in [7, 11) is 0. The number of hydrogen-bond donors (Lipinski definition) is 1. The molecule has 1 aromatic rings. The summed E-state index contributed by atoms with van der Waals surface area (Å²) in [5.74, 6) is 0. The molecule has 2 aliphatic carbocycles. The molecular weight excluding hydrogens is 186 g/mol. The molecule has 3 nitrogen and oxygen atoms in total. The first-order chi connectivity index (χ1) is 7.43. The fraction of sp³-hybridized carbons (Fsp3) is 0.750. The van der Waals surface area contributed by atoms with Gasteiger partial charge in [0.25, 0.3) is 0 Å². The van der Waals surface area contributed by atoms with Gasteiger partial charge in [-0.1, -0.05) is 12.8 Å². The van der Waals surface area contributed by atoms with Crippen LogP contribution in [0.3, 0.4) is 0 Å². The van der Waals surface area contributed by atoms with Crippen molar-refractivity contribution in [1.29, 1.82) is 0 Å². The van der Waals surface area contributed by atoms with Gasteiger partial charge in [0.2, 0.25) is 0 Å². The second-order valence-electron chi connectivity index (χ2n) is 4.89. The van der Waals surface area contributed by atoms with Crippen molar-refractivity contribution in [1.82, 2.24) is 14.9 Å². The molecule has 15 heavy (non-hydrogen) atoms. The van der Waals surface area contributed by atoms with Gasteiger partial charge in [-0.15, -0.1) is 0 Å². The normalized spacial score (nSPS) is 22.4. The molecule has 0 atom stereocenters. The van der Waals surface area contributed by atoms with Crippen molar-refractivity contribution in [3.63, 3.8) is 0 Å². The second kappa shape index (κ2) is 3.97. The van der Waals surface area contributed by atoms with Gasteiger partial charge in [-0.05, 0) is 25.7 Å². The van der Waals surface area contributed by atoms with Crippen LogP contribution in [0.15, 0.2) is 12.5 Å². The number of aromatic nitrogens is 2. The zero-order valence-corrected chi connectivity index (χ0v) is 9.15. The molecule has 0 aliphatic heterocycles. The molecular formula is C12H19N3. The SMILES string of the molecule is c1ncn(C2CC2)c1CNC1CCCC1. The number of rotatable bonds is 4. The minimum Gasteiger partial charge on any atom is -0.330 e. The maximum absolute atomic E-state index is 4.25. The molecule has 1 heterocycles. The highest BCUT2D eigenvalue weighted by Gasteiger charge is 2.25. The summed E-state index contributed by atoms with van der Waals surface area (Å²) < 4.78 is 2.35. The lowest BCUT2D eigenvalue weighted by molar-refractivity contribution is 0.507. The lowest BCUT2D eigenvalue weighted by atomic mass is 10.2. The molecule has 1 aromatic heterocycles. The summed E-state index contributed by atoms with van der Waals surface area (Å²) in [5, 5.41) is 3.65. The molecule has 0 unspecified atom stereocenters. The van der Waals surface area contributed by atoms with Gasteiger partial charge in [-0.3, -0.25) is 0 Å². The molecule has 3 rings (SSSR count). The van der Waals surface area contributed by atoms with Gasteiger partial charge in [-0.25, -0.2) is 4.98 Å². The van der Waals surface area contributed by atoms with Gasteiger partial charge in [0, 0.05) is 24.8 Å². The number of nitrogens with zero attached hydrogens (tertiary/aromatic N) is 2. The zero-order chi connectivity index (χ0) is 10.1. The van der Waals surface area contributed by atoms with Crippen molar-refractivity contribution in [3.8, 4) is 0 Å². The number of hydrogen-bond acceptors (Lipinski definition) is 2. The first-order valence-electron chi connectivity index (χ1n) is 6.17. The lowest BCUT2D eigenvalue weighted by Crippen LogP contribution is -2.26. The van der Waals surface area contributed by atoms with Crippen LogP contribution in [-0.4, -0.2) is 15.6 Å². The zero-order valence-electron chi connectivity index (χ0n) is 9.15. The molecule has 0 bridgehead atoms. The van der Waals surface area contributed by atoms with Crippen molar-refractivity contribution in [2.75, 3.05) is 0 Å². The molecule has 1 N–H and O–H groups in total. The van der Waals surface area contributed by atoms with E-state index in [1.54, 1.807) is 0 Å². The Balaban J connectivity index is 1.58. The average molecular weight is 205 g/mol. The predicted octanol–water partition coefficient (Wildman–Crippen LogP) is 2.25. The number of nitrogens with one attached hydrogen (secondary N) is 1. The summed E-state index contributed by atoms with van der Waals surface area (Å²) in [5.41, 5.74) is 1.37. The molecule has 0 amide bonds. The predicted molar refractivity (Wildman–Crippen MR) is 59.6 cm³/mol. The third kappa shape index (κ3) is 2.07. The van der Waals surface area contributed by atoms with E-state index in [0.29, 0.717) is 0 Å². The quantitative estimate of drug-likeness (QED) is 0.817. The van der Waals surface area contributed by atoms with Crippen LogP contribution in [0.25, 0.3) is 0 Å². The van der Waals surface area contributed by atoms with Gasteiger partial charge in [-0.2, -0.15) is 0 Å². The average Bonchev–Trinajstić information content (AvgIpc) is 2.81. The maximum atomic E-state index is 4.25. The third-order valence-corrected chi connectivity index (χ3v) is 3.61. The van der Waals surface area contributed by atoms with E-state index in [9.17, 15) is 0 Å². The first kappa shape index (κ1) is 9.40. The summed E-state index contributed by atoms with van der Waals surface area (Å²) in [6.07, 6.45) is 12.2. The Morgan fingerprint density at radius 2 is 2.07 bits per heavy atom. The Bertz CT molecular complexity index is 321.